The van der Waals surface area contributed by atoms with Crippen LogP contribution in [0.15, 0.2) is 24.3 Å². The smallest absolute Gasteiger partial charge is 0.0753 e. The monoisotopic (exact) mass is 276 g/mol. The third-order valence-corrected chi connectivity index (χ3v) is 3.84. The molecule has 0 spiro atoms. The van der Waals surface area contributed by atoms with Gasteiger partial charge < -0.3 is 10.1 Å². The number of ether oxygens (including phenoxy) is 1. The van der Waals surface area contributed by atoms with Crippen LogP contribution in [0.2, 0.25) is 0 Å². The van der Waals surface area contributed by atoms with E-state index in [9.17, 15) is 0 Å². The zero-order valence-electron chi connectivity index (χ0n) is 13.1. The van der Waals surface area contributed by atoms with Gasteiger partial charge in [-0.15, -0.1) is 0 Å². The van der Waals surface area contributed by atoms with Gasteiger partial charge in [-0.3, -0.25) is 4.90 Å². The number of rotatable bonds is 6. The molecular weight excluding hydrogens is 248 g/mol. The van der Waals surface area contributed by atoms with E-state index in [1.54, 1.807) is 0 Å². The molecule has 20 heavy (non-hydrogen) atoms. The molecular formula is C17H28N2O. The van der Waals surface area contributed by atoms with Crippen LogP contribution in [0.1, 0.15) is 31.9 Å². The first-order chi connectivity index (χ1) is 9.61. The molecule has 1 aliphatic heterocycles. The van der Waals surface area contributed by atoms with Crippen molar-refractivity contribution in [2.45, 2.75) is 39.3 Å². The molecule has 0 saturated carbocycles. The van der Waals surface area contributed by atoms with E-state index in [1.807, 2.05) is 0 Å². The standard InChI is InChI=1S/C17H28N2O/c1-4-18-10-9-15-7-5-6-8-16(15)13-19-11-12-20-17(2,3)14-19/h5-8,18H,4,9-14H2,1-3H3. The molecule has 1 N–H and O–H groups in total. The Kier molecular flexibility index (Phi) is 5.58. The van der Waals surface area contributed by atoms with E-state index in [0.29, 0.717) is 0 Å². The quantitative estimate of drug-likeness (QED) is 0.808. The molecule has 1 aromatic carbocycles. The van der Waals surface area contributed by atoms with E-state index in [2.05, 4.69) is 55.3 Å². The van der Waals surface area contributed by atoms with E-state index in [1.165, 1.54) is 11.1 Å². The Labute approximate surface area is 123 Å². The lowest BCUT2D eigenvalue weighted by Crippen LogP contribution is -2.47. The maximum Gasteiger partial charge on any atom is 0.0753 e. The average Bonchev–Trinajstić information content (AvgIpc) is 2.40. The molecule has 3 nitrogen and oxygen atoms in total. The van der Waals surface area contributed by atoms with Gasteiger partial charge in [0.05, 0.1) is 12.2 Å². The predicted octanol–water partition coefficient (Wildman–Crippen LogP) is 2.45. The predicted molar refractivity (Wildman–Crippen MR) is 84.0 cm³/mol. The maximum atomic E-state index is 5.79. The first-order valence-corrected chi connectivity index (χ1v) is 7.74. The van der Waals surface area contributed by atoms with Gasteiger partial charge in [0.1, 0.15) is 0 Å². The largest absolute Gasteiger partial charge is 0.373 e. The van der Waals surface area contributed by atoms with Gasteiger partial charge in [-0.2, -0.15) is 0 Å². The van der Waals surface area contributed by atoms with E-state index in [-0.39, 0.29) is 5.60 Å². The van der Waals surface area contributed by atoms with Crippen LogP contribution in [0.25, 0.3) is 0 Å². The summed E-state index contributed by atoms with van der Waals surface area (Å²) in [7, 11) is 0. The van der Waals surface area contributed by atoms with Gasteiger partial charge >= 0.3 is 0 Å². The van der Waals surface area contributed by atoms with Gasteiger partial charge in [-0.05, 0) is 44.5 Å². The van der Waals surface area contributed by atoms with Gasteiger partial charge in [-0.25, -0.2) is 0 Å². The van der Waals surface area contributed by atoms with E-state index >= 15 is 0 Å². The fourth-order valence-corrected chi connectivity index (χ4v) is 2.85. The number of hydrogen-bond donors (Lipinski definition) is 1. The fraction of sp³-hybridized carbons (Fsp3) is 0.647. The minimum absolute atomic E-state index is 0.0169. The first kappa shape index (κ1) is 15.5. The molecule has 0 unspecified atom stereocenters. The highest BCUT2D eigenvalue weighted by Gasteiger charge is 2.27. The van der Waals surface area contributed by atoms with Crippen molar-refractivity contribution in [2.24, 2.45) is 0 Å². The molecule has 2 rings (SSSR count). The summed E-state index contributed by atoms with van der Waals surface area (Å²) < 4.78 is 5.79. The third-order valence-electron chi connectivity index (χ3n) is 3.84. The Morgan fingerprint density at radius 1 is 1.25 bits per heavy atom. The van der Waals surface area contributed by atoms with Crippen LogP contribution in [0, 0.1) is 0 Å². The third kappa shape index (κ3) is 4.58. The number of nitrogens with one attached hydrogen (secondary N) is 1. The molecule has 112 valence electrons. The van der Waals surface area contributed by atoms with Crippen LogP contribution in [-0.2, 0) is 17.7 Å². The van der Waals surface area contributed by atoms with Gasteiger partial charge in [0.15, 0.2) is 0 Å². The van der Waals surface area contributed by atoms with Crippen molar-refractivity contribution in [2.75, 3.05) is 32.8 Å². The molecule has 0 aliphatic carbocycles. The van der Waals surface area contributed by atoms with Crippen LogP contribution in [0.3, 0.4) is 0 Å². The maximum absolute atomic E-state index is 5.79. The lowest BCUT2D eigenvalue weighted by atomic mass is 10.0. The summed E-state index contributed by atoms with van der Waals surface area (Å²) in [4.78, 5) is 2.51. The highest BCUT2D eigenvalue weighted by molar-refractivity contribution is 5.27. The highest BCUT2D eigenvalue weighted by atomic mass is 16.5. The number of likely N-dealkylation sites (N-methyl/N-ethyl adjacent to an activating group) is 1. The van der Waals surface area contributed by atoms with Crippen molar-refractivity contribution in [3.05, 3.63) is 35.4 Å². The van der Waals surface area contributed by atoms with Crippen molar-refractivity contribution in [1.82, 2.24) is 10.2 Å². The summed E-state index contributed by atoms with van der Waals surface area (Å²) in [5.74, 6) is 0. The Bertz CT molecular complexity index is 417. The van der Waals surface area contributed by atoms with Crippen molar-refractivity contribution in [3.8, 4) is 0 Å². The summed E-state index contributed by atoms with van der Waals surface area (Å²) in [5.41, 5.74) is 2.91. The molecule has 0 bridgehead atoms. The lowest BCUT2D eigenvalue weighted by molar-refractivity contribution is -0.0883. The summed E-state index contributed by atoms with van der Waals surface area (Å²) in [6.07, 6.45) is 1.11. The molecule has 1 heterocycles. The summed E-state index contributed by atoms with van der Waals surface area (Å²) in [6.45, 7) is 12.5. The van der Waals surface area contributed by atoms with E-state index in [0.717, 1.165) is 45.8 Å². The number of nitrogens with zero attached hydrogens (tertiary/aromatic N) is 1. The van der Waals surface area contributed by atoms with Gasteiger partial charge in [0, 0.05) is 19.6 Å². The Morgan fingerprint density at radius 3 is 2.70 bits per heavy atom. The number of hydrogen-bond acceptors (Lipinski definition) is 3. The van der Waals surface area contributed by atoms with Crippen molar-refractivity contribution in [3.63, 3.8) is 0 Å². The van der Waals surface area contributed by atoms with Crippen molar-refractivity contribution < 1.29 is 4.74 Å². The molecule has 1 aromatic rings. The molecule has 1 saturated heterocycles. The molecule has 0 atom stereocenters. The Balaban J connectivity index is 1.97. The molecule has 0 radical (unpaired) electrons. The van der Waals surface area contributed by atoms with Crippen LogP contribution in [0.5, 0.6) is 0 Å². The van der Waals surface area contributed by atoms with Crippen LogP contribution >= 0.6 is 0 Å². The second-order valence-electron chi connectivity index (χ2n) is 6.19. The summed E-state index contributed by atoms with van der Waals surface area (Å²) >= 11 is 0. The SMILES string of the molecule is CCNCCc1ccccc1CN1CCOC(C)(C)C1. The first-order valence-electron chi connectivity index (χ1n) is 7.74. The van der Waals surface area contributed by atoms with Crippen LogP contribution < -0.4 is 5.32 Å². The lowest BCUT2D eigenvalue weighted by Gasteiger charge is -2.38. The second-order valence-corrected chi connectivity index (χ2v) is 6.19. The van der Waals surface area contributed by atoms with Crippen molar-refractivity contribution >= 4 is 0 Å². The van der Waals surface area contributed by atoms with Gasteiger partial charge in [-0.1, -0.05) is 31.2 Å². The normalized spacial score (nSPS) is 19.1. The van der Waals surface area contributed by atoms with Crippen LogP contribution in [-0.4, -0.2) is 43.3 Å². The molecule has 0 aromatic heterocycles. The zero-order chi connectivity index (χ0) is 14.4. The summed E-state index contributed by atoms with van der Waals surface area (Å²) in [5, 5.41) is 3.41. The average molecular weight is 276 g/mol. The topological polar surface area (TPSA) is 24.5 Å². The molecule has 1 fully saturated rings. The van der Waals surface area contributed by atoms with Crippen molar-refractivity contribution in [1.29, 1.82) is 0 Å². The second kappa shape index (κ2) is 7.21. The fourth-order valence-electron chi connectivity index (χ4n) is 2.85. The van der Waals surface area contributed by atoms with Gasteiger partial charge in [0.2, 0.25) is 0 Å². The highest BCUT2D eigenvalue weighted by Crippen LogP contribution is 2.20. The molecule has 3 heteroatoms. The zero-order valence-corrected chi connectivity index (χ0v) is 13.1. The van der Waals surface area contributed by atoms with Crippen LogP contribution in [0.4, 0.5) is 0 Å². The van der Waals surface area contributed by atoms with E-state index < -0.39 is 0 Å². The number of benzene rings is 1. The molecule has 1 aliphatic rings. The Hall–Kier alpha value is -0.900. The Morgan fingerprint density at radius 2 is 2.00 bits per heavy atom. The number of morpholine rings is 1. The summed E-state index contributed by atoms with van der Waals surface area (Å²) in [6, 6.07) is 8.83. The minimum atomic E-state index is -0.0169. The molecule has 0 amide bonds. The van der Waals surface area contributed by atoms with E-state index in [4.69, 9.17) is 4.74 Å². The minimum Gasteiger partial charge on any atom is -0.373 e. The van der Waals surface area contributed by atoms with Gasteiger partial charge in [0.25, 0.3) is 0 Å².